The Labute approximate surface area is 143 Å². The number of piperidine rings is 1. The van der Waals surface area contributed by atoms with Crippen LogP contribution in [-0.4, -0.2) is 38.4 Å². The summed E-state index contributed by atoms with van der Waals surface area (Å²) in [6, 6.07) is 2.69. The molecule has 134 valence electrons. The van der Waals surface area contributed by atoms with Crippen molar-refractivity contribution < 1.29 is 17.6 Å². The second kappa shape index (κ2) is 7.61. The molecule has 1 heterocycles. The first-order valence-corrected chi connectivity index (χ1v) is 9.78. The van der Waals surface area contributed by atoms with Gasteiger partial charge in [-0.1, -0.05) is 13.8 Å². The minimum atomic E-state index is -3.90. The molecular weight excluding hydrogens is 331 g/mol. The Hall–Kier alpha value is -1.47. The summed E-state index contributed by atoms with van der Waals surface area (Å²) in [7, 11) is -3.90. The molecule has 0 spiro atoms. The third-order valence-electron chi connectivity index (χ3n) is 4.31. The molecule has 2 rings (SSSR count). The van der Waals surface area contributed by atoms with Gasteiger partial charge in [-0.05, 0) is 55.9 Å². The van der Waals surface area contributed by atoms with Gasteiger partial charge >= 0.3 is 0 Å². The predicted octanol–water partition coefficient (Wildman–Crippen LogP) is 2.45. The molecular formula is C17H25FN2O3S. The lowest BCUT2D eigenvalue weighted by molar-refractivity contribution is -0.134. The maximum Gasteiger partial charge on any atom is 0.241 e. The topological polar surface area (TPSA) is 66.5 Å². The summed E-state index contributed by atoms with van der Waals surface area (Å²) in [5, 5.41) is 0. The number of carbonyl (C=O) groups excluding carboxylic acids is 1. The lowest BCUT2D eigenvalue weighted by atomic mass is 10.0. The van der Waals surface area contributed by atoms with E-state index in [9.17, 15) is 17.6 Å². The quantitative estimate of drug-likeness (QED) is 0.881. The molecule has 0 aromatic heterocycles. The second-order valence-corrected chi connectivity index (χ2v) is 8.32. The van der Waals surface area contributed by atoms with E-state index >= 15 is 0 Å². The molecule has 1 aliphatic rings. The van der Waals surface area contributed by atoms with Crippen molar-refractivity contribution >= 4 is 15.9 Å². The van der Waals surface area contributed by atoms with Gasteiger partial charge in [0.05, 0.1) is 4.90 Å². The van der Waals surface area contributed by atoms with Crippen molar-refractivity contribution in [1.29, 1.82) is 0 Å². The van der Waals surface area contributed by atoms with Gasteiger partial charge in [0, 0.05) is 13.1 Å². The molecule has 5 nitrogen and oxygen atoms in total. The number of carbonyl (C=O) groups is 1. The molecule has 1 aliphatic heterocycles. The van der Waals surface area contributed by atoms with E-state index in [1.54, 1.807) is 4.90 Å². The van der Waals surface area contributed by atoms with E-state index in [1.165, 1.54) is 19.1 Å². The summed E-state index contributed by atoms with van der Waals surface area (Å²) in [4.78, 5) is 14.5. The molecule has 7 heteroatoms. The number of rotatable bonds is 5. The van der Waals surface area contributed by atoms with Gasteiger partial charge in [0.15, 0.2) is 0 Å². The summed E-state index contributed by atoms with van der Waals surface area (Å²) >= 11 is 0. The van der Waals surface area contributed by atoms with Gasteiger partial charge in [-0.3, -0.25) is 4.79 Å². The predicted molar refractivity (Wildman–Crippen MR) is 90.5 cm³/mol. The third kappa shape index (κ3) is 4.33. The number of nitrogens with one attached hydrogen (secondary N) is 1. The van der Waals surface area contributed by atoms with Gasteiger partial charge in [-0.25, -0.2) is 12.8 Å². The summed E-state index contributed by atoms with van der Waals surface area (Å²) in [5.41, 5.74) is 0.315. The van der Waals surface area contributed by atoms with E-state index in [0.29, 0.717) is 18.7 Å². The molecule has 1 aromatic rings. The lowest BCUT2D eigenvalue weighted by Gasteiger charge is -2.32. The highest BCUT2D eigenvalue weighted by Gasteiger charge is 2.32. The van der Waals surface area contributed by atoms with Crippen LogP contribution in [0.2, 0.25) is 0 Å². The molecule has 1 atom stereocenters. The van der Waals surface area contributed by atoms with Crippen LogP contribution in [0.3, 0.4) is 0 Å². The molecule has 1 N–H and O–H groups in total. The fourth-order valence-corrected chi connectivity index (χ4v) is 4.49. The number of nitrogens with zero attached hydrogens (tertiary/aromatic N) is 1. The molecule has 1 aromatic carbocycles. The monoisotopic (exact) mass is 356 g/mol. The van der Waals surface area contributed by atoms with Crippen LogP contribution >= 0.6 is 0 Å². The van der Waals surface area contributed by atoms with Crippen molar-refractivity contribution in [3.63, 3.8) is 0 Å². The van der Waals surface area contributed by atoms with Gasteiger partial charge in [-0.15, -0.1) is 0 Å². The zero-order valence-corrected chi connectivity index (χ0v) is 15.2. The van der Waals surface area contributed by atoms with E-state index < -0.39 is 21.9 Å². The highest BCUT2D eigenvalue weighted by atomic mass is 32.2. The first kappa shape index (κ1) is 18.9. The Kier molecular flexibility index (Phi) is 5.98. The van der Waals surface area contributed by atoms with Crippen molar-refractivity contribution in [1.82, 2.24) is 9.62 Å². The highest BCUT2D eigenvalue weighted by molar-refractivity contribution is 7.89. The minimum Gasteiger partial charge on any atom is -0.341 e. The van der Waals surface area contributed by atoms with Gasteiger partial charge in [0.25, 0.3) is 0 Å². The standard InChI is InChI=1S/C17H25FN2O3S/c1-12(2)16(17(21)20-9-5-4-6-10-20)19-24(22,23)15-8-7-14(18)11-13(15)3/h7-8,11-12,16,19H,4-6,9-10H2,1-3H3/t16-/m0/s1. The number of hydrogen-bond acceptors (Lipinski definition) is 3. The van der Waals surface area contributed by atoms with Gasteiger partial charge in [0.1, 0.15) is 11.9 Å². The molecule has 1 amide bonds. The Bertz CT molecular complexity index is 698. The maximum absolute atomic E-state index is 13.2. The number of amides is 1. The average Bonchev–Trinajstić information content (AvgIpc) is 2.52. The Balaban J connectivity index is 2.24. The van der Waals surface area contributed by atoms with E-state index in [-0.39, 0.29) is 16.7 Å². The molecule has 0 radical (unpaired) electrons. The van der Waals surface area contributed by atoms with Crippen LogP contribution in [0.1, 0.15) is 38.7 Å². The van der Waals surface area contributed by atoms with E-state index in [2.05, 4.69) is 4.72 Å². The number of halogens is 1. The summed E-state index contributed by atoms with van der Waals surface area (Å²) in [6.07, 6.45) is 2.98. The number of benzene rings is 1. The van der Waals surface area contributed by atoms with Crippen LogP contribution in [0.15, 0.2) is 23.1 Å². The fraction of sp³-hybridized carbons (Fsp3) is 0.588. The summed E-state index contributed by atoms with van der Waals surface area (Å²) in [5.74, 6) is -0.862. The van der Waals surface area contributed by atoms with Gasteiger partial charge < -0.3 is 4.90 Å². The van der Waals surface area contributed by atoms with Crippen LogP contribution in [0.4, 0.5) is 4.39 Å². The summed E-state index contributed by atoms with van der Waals surface area (Å²) < 4.78 is 41.1. The largest absolute Gasteiger partial charge is 0.341 e. The van der Waals surface area contributed by atoms with Crippen molar-refractivity contribution in [2.45, 2.75) is 51.0 Å². The van der Waals surface area contributed by atoms with Crippen LogP contribution < -0.4 is 4.72 Å². The maximum atomic E-state index is 13.2. The Morgan fingerprint density at radius 1 is 1.21 bits per heavy atom. The summed E-state index contributed by atoms with van der Waals surface area (Å²) in [6.45, 7) is 6.49. The normalized spacial score (nSPS) is 17.1. The SMILES string of the molecule is Cc1cc(F)ccc1S(=O)(=O)N[C@H](C(=O)N1CCCCC1)C(C)C. The van der Waals surface area contributed by atoms with Crippen molar-refractivity contribution in [2.24, 2.45) is 5.92 Å². The molecule has 1 saturated heterocycles. The number of hydrogen-bond donors (Lipinski definition) is 1. The molecule has 0 saturated carbocycles. The van der Waals surface area contributed by atoms with Crippen LogP contribution in [0.25, 0.3) is 0 Å². The second-order valence-electron chi connectivity index (χ2n) is 6.64. The smallest absolute Gasteiger partial charge is 0.241 e. The van der Waals surface area contributed by atoms with Gasteiger partial charge in [0.2, 0.25) is 15.9 Å². The lowest BCUT2D eigenvalue weighted by Crippen LogP contribution is -2.52. The molecule has 0 bridgehead atoms. The zero-order valence-electron chi connectivity index (χ0n) is 14.4. The highest BCUT2D eigenvalue weighted by Crippen LogP contribution is 2.19. The molecule has 24 heavy (non-hydrogen) atoms. The number of sulfonamides is 1. The third-order valence-corrected chi connectivity index (χ3v) is 5.91. The van der Waals surface area contributed by atoms with E-state index in [0.717, 1.165) is 25.3 Å². The van der Waals surface area contributed by atoms with Crippen molar-refractivity contribution in [3.05, 3.63) is 29.6 Å². The Morgan fingerprint density at radius 2 is 1.83 bits per heavy atom. The average molecular weight is 356 g/mol. The molecule has 0 aliphatic carbocycles. The van der Waals surface area contributed by atoms with Gasteiger partial charge in [-0.2, -0.15) is 4.72 Å². The first-order valence-electron chi connectivity index (χ1n) is 8.29. The van der Waals surface area contributed by atoms with Crippen molar-refractivity contribution in [3.8, 4) is 0 Å². The minimum absolute atomic E-state index is 0.000921. The van der Waals surface area contributed by atoms with E-state index in [1.807, 2.05) is 13.8 Å². The van der Waals surface area contributed by atoms with Crippen LogP contribution in [0.5, 0.6) is 0 Å². The fourth-order valence-electron chi connectivity index (χ4n) is 2.93. The van der Waals surface area contributed by atoms with E-state index in [4.69, 9.17) is 0 Å². The first-order chi connectivity index (χ1) is 11.2. The zero-order chi connectivity index (χ0) is 17.9. The number of aryl methyl sites for hydroxylation is 1. The van der Waals surface area contributed by atoms with Crippen LogP contribution in [0, 0.1) is 18.7 Å². The Morgan fingerprint density at radius 3 is 2.38 bits per heavy atom. The molecule has 1 fully saturated rings. The number of likely N-dealkylation sites (tertiary alicyclic amines) is 1. The molecule has 0 unspecified atom stereocenters. The van der Waals surface area contributed by atoms with Crippen LogP contribution in [-0.2, 0) is 14.8 Å². The van der Waals surface area contributed by atoms with Crippen molar-refractivity contribution in [2.75, 3.05) is 13.1 Å².